The normalized spacial score (nSPS) is 30.7. The van der Waals surface area contributed by atoms with Gasteiger partial charge in [-0.25, -0.2) is 0 Å². The zero-order chi connectivity index (χ0) is 22.8. The first-order valence-corrected chi connectivity index (χ1v) is 10.9. The van der Waals surface area contributed by atoms with Crippen molar-refractivity contribution < 1.29 is 29.0 Å². The molecule has 2 fully saturated rings. The summed E-state index contributed by atoms with van der Waals surface area (Å²) in [4.78, 5) is 52.1. The molecule has 2 saturated heterocycles. The molecule has 1 aromatic rings. The Morgan fingerprint density at radius 1 is 1.12 bits per heavy atom. The third-order valence-electron chi connectivity index (χ3n) is 6.20. The van der Waals surface area contributed by atoms with Crippen LogP contribution in [0.15, 0.2) is 36.4 Å². The molecule has 3 aliphatic heterocycles. The smallest absolute Gasteiger partial charge is 0.310 e. The van der Waals surface area contributed by atoms with Gasteiger partial charge in [0, 0.05) is 11.6 Å². The second kappa shape index (κ2) is 9.12. The molecule has 0 aliphatic carbocycles. The van der Waals surface area contributed by atoms with Crippen LogP contribution in [0, 0.1) is 6.92 Å². The van der Waals surface area contributed by atoms with Crippen LogP contribution in [0.1, 0.15) is 48.0 Å². The van der Waals surface area contributed by atoms with Crippen molar-refractivity contribution in [3.63, 3.8) is 0 Å². The molecule has 5 atom stereocenters. The summed E-state index contributed by atoms with van der Waals surface area (Å²) in [5.74, 6) is -1.67. The standard InChI is InChI=1S/C23H27N3O6/c1-13-5-4-6-14(11-13)20(28)24-16-8-3-2-7-15-9-10-18(26(15)22(16)30)21(29)25-17-12-19(27)32-23(17)31/h2-6,11,15-18,23,31H,7-10,12H2,1H3,(H,24,28)(H,25,29)/b3-2-/t15-,16+,17?,18+,23?/m1/s1. The van der Waals surface area contributed by atoms with Gasteiger partial charge in [-0.05, 0) is 44.7 Å². The van der Waals surface area contributed by atoms with Crippen LogP contribution in [0.5, 0.6) is 0 Å². The Morgan fingerprint density at radius 2 is 1.91 bits per heavy atom. The zero-order valence-corrected chi connectivity index (χ0v) is 17.8. The number of hydrogen-bond donors (Lipinski definition) is 3. The Labute approximate surface area is 185 Å². The number of benzene rings is 1. The number of aryl methyl sites for hydroxylation is 1. The molecule has 170 valence electrons. The first kappa shape index (κ1) is 22.0. The lowest BCUT2D eigenvalue weighted by Crippen LogP contribution is -2.57. The van der Waals surface area contributed by atoms with Gasteiger partial charge in [-0.15, -0.1) is 0 Å². The summed E-state index contributed by atoms with van der Waals surface area (Å²) in [6, 6.07) is 4.60. The highest BCUT2D eigenvalue weighted by atomic mass is 16.6. The molecule has 9 nitrogen and oxygen atoms in total. The number of aliphatic hydroxyl groups is 1. The van der Waals surface area contributed by atoms with E-state index in [9.17, 15) is 24.3 Å². The minimum absolute atomic E-state index is 0.116. The Hall–Kier alpha value is -3.20. The van der Waals surface area contributed by atoms with Gasteiger partial charge in [0.2, 0.25) is 18.1 Å². The average molecular weight is 441 g/mol. The van der Waals surface area contributed by atoms with Crippen LogP contribution >= 0.6 is 0 Å². The summed E-state index contributed by atoms with van der Waals surface area (Å²) in [6.45, 7) is 1.89. The maximum atomic E-state index is 13.5. The third kappa shape index (κ3) is 4.52. The lowest BCUT2D eigenvalue weighted by Gasteiger charge is -2.34. The SMILES string of the molecule is Cc1cccc(C(=O)N[C@H]2C/C=C\C[C@@H]3CC[C@@H](C(=O)NC4CC(=O)OC4O)N3C2=O)c1. The molecule has 1 aromatic carbocycles. The molecular formula is C23H27N3O6. The van der Waals surface area contributed by atoms with E-state index < -0.39 is 36.3 Å². The minimum atomic E-state index is -1.39. The van der Waals surface area contributed by atoms with E-state index in [-0.39, 0.29) is 24.3 Å². The number of fused-ring (bicyclic) bond motifs is 1. The minimum Gasteiger partial charge on any atom is -0.434 e. The molecular weight excluding hydrogens is 414 g/mol. The number of rotatable bonds is 4. The summed E-state index contributed by atoms with van der Waals surface area (Å²) in [6.07, 6.45) is 4.43. The van der Waals surface area contributed by atoms with Crippen LogP contribution in [-0.2, 0) is 19.1 Å². The fraction of sp³-hybridized carbons (Fsp3) is 0.478. The number of hydrogen-bond acceptors (Lipinski definition) is 6. The predicted molar refractivity (Wildman–Crippen MR) is 113 cm³/mol. The predicted octanol–water partition coefficient (Wildman–Crippen LogP) is 0.553. The van der Waals surface area contributed by atoms with Crippen molar-refractivity contribution in [1.29, 1.82) is 0 Å². The van der Waals surface area contributed by atoms with Crippen LogP contribution in [0.3, 0.4) is 0 Å². The van der Waals surface area contributed by atoms with Crippen LogP contribution in [0.4, 0.5) is 0 Å². The summed E-state index contributed by atoms with van der Waals surface area (Å²) < 4.78 is 4.68. The van der Waals surface area contributed by atoms with E-state index in [1.807, 2.05) is 25.1 Å². The molecule has 4 rings (SSSR count). The van der Waals surface area contributed by atoms with Crippen molar-refractivity contribution in [1.82, 2.24) is 15.5 Å². The highest BCUT2D eigenvalue weighted by Crippen LogP contribution is 2.30. The number of ether oxygens (including phenoxy) is 1. The molecule has 3 N–H and O–H groups in total. The van der Waals surface area contributed by atoms with Crippen molar-refractivity contribution >= 4 is 23.7 Å². The largest absolute Gasteiger partial charge is 0.434 e. The van der Waals surface area contributed by atoms with Gasteiger partial charge in [-0.3, -0.25) is 19.2 Å². The van der Waals surface area contributed by atoms with Gasteiger partial charge in [0.15, 0.2) is 0 Å². The second-order valence-electron chi connectivity index (χ2n) is 8.53. The van der Waals surface area contributed by atoms with E-state index in [0.29, 0.717) is 31.2 Å². The third-order valence-corrected chi connectivity index (χ3v) is 6.20. The lowest BCUT2D eigenvalue weighted by molar-refractivity contribution is -0.155. The van der Waals surface area contributed by atoms with Gasteiger partial charge in [0.1, 0.15) is 18.1 Å². The Kier molecular flexibility index (Phi) is 6.27. The van der Waals surface area contributed by atoms with Gasteiger partial charge in [0.05, 0.1) is 6.42 Å². The quantitative estimate of drug-likeness (QED) is 0.463. The van der Waals surface area contributed by atoms with E-state index in [0.717, 1.165) is 5.56 Å². The molecule has 0 spiro atoms. The van der Waals surface area contributed by atoms with E-state index in [1.165, 1.54) is 0 Å². The van der Waals surface area contributed by atoms with Gasteiger partial charge in [-0.1, -0.05) is 29.8 Å². The fourth-order valence-corrected chi connectivity index (χ4v) is 4.57. The van der Waals surface area contributed by atoms with Crippen LogP contribution in [0.25, 0.3) is 0 Å². The van der Waals surface area contributed by atoms with Crippen molar-refractivity contribution in [2.24, 2.45) is 0 Å². The maximum absolute atomic E-state index is 13.5. The molecule has 3 heterocycles. The number of nitrogens with zero attached hydrogens (tertiary/aromatic N) is 1. The van der Waals surface area contributed by atoms with Crippen molar-refractivity contribution in [2.45, 2.75) is 69.5 Å². The molecule has 0 aromatic heterocycles. The summed E-state index contributed by atoms with van der Waals surface area (Å²) in [5, 5.41) is 15.3. The Bertz CT molecular complexity index is 961. The molecule has 3 aliphatic rings. The van der Waals surface area contributed by atoms with Crippen LogP contribution in [-0.4, -0.2) is 64.2 Å². The topological polar surface area (TPSA) is 125 Å². The molecule has 0 radical (unpaired) electrons. The monoisotopic (exact) mass is 441 g/mol. The van der Waals surface area contributed by atoms with E-state index >= 15 is 0 Å². The number of carbonyl (C=O) groups is 4. The highest BCUT2D eigenvalue weighted by Gasteiger charge is 2.45. The summed E-state index contributed by atoms with van der Waals surface area (Å²) in [5.41, 5.74) is 1.41. The molecule has 3 amide bonds. The number of carbonyl (C=O) groups excluding carboxylic acids is 4. The number of amides is 3. The summed E-state index contributed by atoms with van der Waals surface area (Å²) >= 11 is 0. The maximum Gasteiger partial charge on any atom is 0.310 e. The van der Waals surface area contributed by atoms with E-state index in [2.05, 4.69) is 15.4 Å². The number of nitrogens with one attached hydrogen (secondary N) is 2. The Balaban J connectivity index is 1.49. The first-order chi connectivity index (χ1) is 15.3. The van der Waals surface area contributed by atoms with E-state index in [4.69, 9.17) is 0 Å². The number of cyclic esters (lactones) is 1. The molecule has 0 bridgehead atoms. The van der Waals surface area contributed by atoms with Crippen molar-refractivity contribution in [2.75, 3.05) is 0 Å². The lowest BCUT2D eigenvalue weighted by atomic mass is 10.0. The number of esters is 1. The Morgan fingerprint density at radius 3 is 2.62 bits per heavy atom. The zero-order valence-electron chi connectivity index (χ0n) is 17.8. The van der Waals surface area contributed by atoms with Crippen molar-refractivity contribution in [3.05, 3.63) is 47.5 Å². The second-order valence-corrected chi connectivity index (χ2v) is 8.53. The molecule has 0 saturated carbocycles. The first-order valence-electron chi connectivity index (χ1n) is 10.9. The van der Waals surface area contributed by atoms with Gasteiger partial charge in [-0.2, -0.15) is 0 Å². The van der Waals surface area contributed by atoms with Gasteiger partial charge in [0.25, 0.3) is 5.91 Å². The van der Waals surface area contributed by atoms with Crippen LogP contribution in [0.2, 0.25) is 0 Å². The summed E-state index contributed by atoms with van der Waals surface area (Å²) in [7, 11) is 0. The average Bonchev–Trinajstić information content (AvgIpc) is 3.30. The van der Waals surface area contributed by atoms with Gasteiger partial charge < -0.3 is 25.4 Å². The molecule has 32 heavy (non-hydrogen) atoms. The highest BCUT2D eigenvalue weighted by molar-refractivity contribution is 5.99. The number of aliphatic hydroxyl groups excluding tert-OH is 1. The molecule has 2 unspecified atom stereocenters. The van der Waals surface area contributed by atoms with Crippen LogP contribution < -0.4 is 10.6 Å². The fourth-order valence-electron chi connectivity index (χ4n) is 4.57. The van der Waals surface area contributed by atoms with Gasteiger partial charge >= 0.3 is 5.97 Å². The van der Waals surface area contributed by atoms with Crippen molar-refractivity contribution in [3.8, 4) is 0 Å². The molecule has 9 heteroatoms. The van der Waals surface area contributed by atoms with E-state index in [1.54, 1.807) is 23.1 Å².